The van der Waals surface area contributed by atoms with Crippen molar-refractivity contribution in [2.24, 2.45) is 0 Å². The van der Waals surface area contributed by atoms with Crippen molar-refractivity contribution < 1.29 is 19.1 Å². The van der Waals surface area contributed by atoms with E-state index in [1.165, 1.54) is 4.90 Å². The summed E-state index contributed by atoms with van der Waals surface area (Å²) in [6, 6.07) is 4.94. The molecule has 166 valence electrons. The van der Waals surface area contributed by atoms with Crippen molar-refractivity contribution in [1.82, 2.24) is 9.80 Å². The van der Waals surface area contributed by atoms with Crippen molar-refractivity contribution in [3.8, 4) is 0 Å². The highest BCUT2D eigenvalue weighted by Crippen LogP contribution is 2.36. The van der Waals surface area contributed by atoms with Crippen LogP contribution in [-0.2, 0) is 19.1 Å². The average molecular weight is 457 g/mol. The van der Waals surface area contributed by atoms with Gasteiger partial charge in [0.25, 0.3) is 11.8 Å². The first-order valence-corrected chi connectivity index (χ1v) is 11.0. The topological polar surface area (TPSA) is 59.1 Å². The summed E-state index contributed by atoms with van der Waals surface area (Å²) in [4.78, 5) is 29.9. The zero-order valence-electron chi connectivity index (χ0n) is 17.9. The van der Waals surface area contributed by atoms with Crippen molar-refractivity contribution in [3.05, 3.63) is 39.5 Å². The lowest BCUT2D eigenvalue weighted by atomic mass is 10.0. The molecule has 0 aromatic heterocycles. The van der Waals surface area contributed by atoms with E-state index >= 15 is 0 Å². The zero-order chi connectivity index (χ0) is 22.1. The minimum atomic E-state index is -0.324. The molecule has 1 aromatic carbocycles. The van der Waals surface area contributed by atoms with Gasteiger partial charge < -0.3 is 14.4 Å². The van der Waals surface area contributed by atoms with Crippen LogP contribution in [0.2, 0.25) is 10.0 Å². The molecule has 0 radical (unpaired) electrons. The summed E-state index contributed by atoms with van der Waals surface area (Å²) in [7, 11) is 3.20. The van der Waals surface area contributed by atoms with Crippen LogP contribution in [0.3, 0.4) is 0 Å². The Balaban J connectivity index is 2.47. The van der Waals surface area contributed by atoms with Gasteiger partial charge in [0.1, 0.15) is 5.70 Å². The Kier molecular flexibility index (Phi) is 10.1. The minimum Gasteiger partial charge on any atom is -0.383 e. The van der Waals surface area contributed by atoms with Gasteiger partial charge in [-0.3, -0.25) is 14.5 Å². The maximum atomic E-state index is 13.4. The van der Waals surface area contributed by atoms with Crippen molar-refractivity contribution in [2.75, 3.05) is 47.1 Å². The highest BCUT2D eigenvalue weighted by atomic mass is 35.5. The van der Waals surface area contributed by atoms with Gasteiger partial charge >= 0.3 is 0 Å². The molecule has 1 aromatic rings. The molecular weight excluding hydrogens is 427 g/mol. The Hall–Kier alpha value is -1.60. The van der Waals surface area contributed by atoms with Gasteiger partial charge in [-0.25, -0.2) is 0 Å². The number of unbranched alkanes of at least 4 members (excludes halogenated alkanes) is 3. The molecule has 0 saturated carbocycles. The Morgan fingerprint density at radius 3 is 2.20 bits per heavy atom. The van der Waals surface area contributed by atoms with E-state index in [2.05, 4.69) is 6.92 Å². The number of nitrogens with zero attached hydrogens (tertiary/aromatic N) is 2. The summed E-state index contributed by atoms with van der Waals surface area (Å²) >= 11 is 12.5. The molecule has 0 fully saturated rings. The number of hydrogen-bond donors (Lipinski definition) is 0. The lowest BCUT2D eigenvalue weighted by molar-refractivity contribution is -0.137. The van der Waals surface area contributed by atoms with Gasteiger partial charge in [0.2, 0.25) is 0 Å². The van der Waals surface area contributed by atoms with Crippen molar-refractivity contribution >= 4 is 40.6 Å². The second-order valence-corrected chi connectivity index (χ2v) is 7.99. The second-order valence-electron chi connectivity index (χ2n) is 7.14. The molecule has 6 nitrogen and oxygen atoms in total. The predicted molar refractivity (Wildman–Crippen MR) is 120 cm³/mol. The van der Waals surface area contributed by atoms with Crippen LogP contribution >= 0.6 is 23.2 Å². The number of ether oxygens (including phenoxy) is 2. The van der Waals surface area contributed by atoms with Crippen molar-refractivity contribution in [1.29, 1.82) is 0 Å². The third kappa shape index (κ3) is 5.97. The fourth-order valence-corrected chi connectivity index (χ4v) is 3.93. The largest absolute Gasteiger partial charge is 0.383 e. The van der Waals surface area contributed by atoms with Crippen LogP contribution in [0, 0.1) is 0 Å². The minimum absolute atomic E-state index is 0.301. The Bertz CT molecular complexity index is 774. The fourth-order valence-electron chi connectivity index (χ4n) is 3.43. The SMILES string of the molecule is CCCCCCN1C(=O)C(c2ccc(Cl)cc2Cl)=C(N(CCOC)CCOC)C1=O. The smallest absolute Gasteiger partial charge is 0.277 e. The van der Waals surface area contributed by atoms with Crippen LogP contribution in [-0.4, -0.2) is 68.7 Å². The van der Waals surface area contributed by atoms with Gasteiger partial charge in [0.05, 0.1) is 23.8 Å². The summed E-state index contributed by atoms with van der Waals surface area (Å²) in [5, 5.41) is 0.803. The van der Waals surface area contributed by atoms with Crippen LogP contribution in [0.5, 0.6) is 0 Å². The first-order chi connectivity index (χ1) is 14.5. The summed E-state index contributed by atoms with van der Waals surface area (Å²) < 4.78 is 10.4. The molecule has 0 spiro atoms. The van der Waals surface area contributed by atoms with E-state index in [9.17, 15) is 9.59 Å². The van der Waals surface area contributed by atoms with Crippen LogP contribution in [0.15, 0.2) is 23.9 Å². The van der Waals surface area contributed by atoms with Crippen LogP contribution in [0.4, 0.5) is 0 Å². The number of methoxy groups -OCH3 is 2. The Morgan fingerprint density at radius 1 is 0.967 bits per heavy atom. The van der Waals surface area contributed by atoms with E-state index in [1.54, 1.807) is 32.4 Å². The third-order valence-electron chi connectivity index (χ3n) is 5.03. The number of carbonyl (C=O) groups excluding carboxylic acids is 2. The quantitative estimate of drug-likeness (QED) is 0.328. The van der Waals surface area contributed by atoms with Crippen LogP contribution in [0.25, 0.3) is 5.57 Å². The van der Waals surface area contributed by atoms with E-state index in [1.807, 2.05) is 4.90 Å². The molecule has 0 bridgehead atoms. The molecule has 1 heterocycles. The summed E-state index contributed by atoms with van der Waals surface area (Å²) in [6.07, 6.45) is 3.90. The Labute approximate surface area is 188 Å². The molecule has 30 heavy (non-hydrogen) atoms. The first-order valence-electron chi connectivity index (χ1n) is 10.2. The maximum absolute atomic E-state index is 13.4. The molecule has 2 amide bonds. The van der Waals surface area contributed by atoms with E-state index in [-0.39, 0.29) is 11.8 Å². The van der Waals surface area contributed by atoms with E-state index < -0.39 is 0 Å². The molecule has 8 heteroatoms. The molecule has 0 unspecified atom stereocenters. The molecule has 0 atom stereocenters. The van der Waals surface area contributed by atoms with Crippen LogP contribution < -0.4 is 0 Å². The summed E-state index contributed by atoms with van der Waals surface area (Å²) in [5.41, 5.74) is 1.16. The zero-order valence-corrected chi connectivity index (χ0v) is 19.4. The fraction of sp³-hybridized carbons (Fsp3) is 0.545. The monoisotopic (exact) mass is 456 g/mol. The number of imide groups is 1. The van der Waals surface area contributed by atoms with Crippen molar-refractivity contribution in [3.63, 3.8) is 0 Å². The Morgan fingerprint density at radius 2 is 1.63 bits per heavy atom. The number of benzene rings is 1. The highest BCUT2D eigenvalue weighted by Gasteiger charge is 2.41. The van der Waals surface area contributed by atoms with Gasteiger partial charge in [0, 0.05) is 44.4 Å². The molecule has 0 aliphatic carbocycles. The molecule has 0 N–H and O–H groups in total. The van der Waals surface area contributed by atoms with Crippen LogP contribution in [0.1, 0.15) is 38.2 Å². The number of rotatable bonds is 13. The molecule has 0 saturated heterocycles. The predicted octanol–water partition coefficient (Wildman–Crippen LogP) is 4.25. The van der Waals surface area contributed by atoms with Gasteiger partial charge in [-0.15, -0.1) is 0 Å². The van der Waals surface area contributed by atoms with E-state index in [0.717, 1.165) is 25.7 Å². The normalized spacial score (nSPS) is 14.2. The van der Waals surface area contributed by atoms with Gasteiger partial charge in [-0.05, 0) is 18.6 Å². The molecule has 2 rings (SSSR count). The van der Waals surface area contributed by atoms with E-state index in [0.29, 0.717) is 59.7 Å². The number of halogens is 2. The molecule has 1 aliphatic rings. The lowest BCUT2D eigenvalue weighted by Gasteiger charge is -2.25. The number of amides is 2. The standard InChI is InChI=1S/C22H30Cl2N2O4/c1-4-5-6-7-10-26-21(27)19(17-9-8-16(23)15-18(17)24)20(22(26)28)25(11-13-29-2)12-14-30-3/h8-9,15H,4-7,10-14H2,1-3H3. The van der Waals surface area contributed by atoms with Gasteiger partial charge in [-0.1, -0.05) is 55.5 Å². The average Bonchev–Trinajstić information content (AvgIpc) is 2.96. The van der Waals surface area contributed by atoms with Gasteiger partial charge in [-0.2, -0.15) is 0 Å². The number of hydrogen-bond acceptors (Lipinski definition) is 5. The van der Waals surface area contributed by atoms with Crippen molar-refractivity contribution in [2.45, 2.75) is 32.6 Å². The van der Waals surface area contributed by atoms with Gasteiger partial charge in [0.15, 0.2) is 0 Å². The number of carbonyl (C=O) groups is 2. The molecule has 1 aliphatic heterocycles. The van der Waals surface area contributed by atoms with E-state index in [4.69, 9.17) is 32.7 Å². The lowest BCUT2D eigenvalue weighted by Crippen LogP contribution is -2.38. The summed E-state index contributed by atoms with van der Waals surface area (Å²) in [6.45, 7) is 4.23. The highest BCUT2D eigenvalue weighted by molar-refractivity contribution is 6.41. The molecular formula is C22H30Cl2N2O4. The first kappa shape index (κ1) is 24.7. The summed E-state index contributed by atoms with van der Waals surface area (Å²) in [5.74, 6) is -0.625. The second kappa shape index (κ2) is 12.3. The maximum Gasteiger partial charge on any atom is 0.277 e. The third-order valence-corrected chi connectivity index (χ3v) is 5.57.